The second kappa shape index (κ2) is 8.51. The zero-order chi connectivity index (χ0) is 21.5. The number of fused-ring (bicyclic) bond motifs is 2. The number of carbonyl (C=O) groups is 1. The van der Waals surface area contributed by atoms with Crippen LogP contribution in [0.15, 0.2) is 42.5 Å². The van der Waals surface area contributed by atoms with Crippen molar-refractivity contribution in [3.05, 3.63) is 57.9 Å². The highest BCUT2D eigenvalue weighted by Gasteiger charge is 2.30. The van der Waals surface area contributed by atoms with Crippen LogP contribution in [-0.4, -0.2) is 30.1 Å². The molecule has 2 aromatic carbocycles. The van der Waals surface area contributed by atoms with Crippen LogP contribution in [0.1, 0.15) is 47.8 Å². The predicted octanol–water partition coefficient (Wildman–Crippen LogP) is 7.11. The first-order valence-corrected chi connectivity index (χ1v) is 12.5. The lowest BCUT2D eigenvalue weighted by molar-refractivity contribution is 0.0921. The summed E-state index contributed by atoms with van der Waals surface area (Å²) in [7, 11) is 0. The smallest absolute Gasteiger partial charge is 0.271 e. The SMILES string of the molecule is CC(C)c1cccc2sc(N(CC3CCCO3)C(=O)c3sc4ccccc4c3Cl)nc12. The number of amides is 1. The molecule has 0 radical (unpaired) electrons. The van der Waals surface area contributed by atoms with E-state index in [1.807, 2.05) is 24.3 Å². The minimum absolute atomic E-state index is 0.0219. The first-order chi connectivity index (χ1) is 15.0. The summed E-state index contributed by atoms with van der Waals surface area (Å²) < 4.78 is 7.97. The number of halogens is 1. The summed E-state index contributed by atoms with van der Waals surface area (Å²) in [6.07, 6.45) is 1.99. The zero-order valence-electron chi connectivity index (χ0n) is 17.4. The number of hydrogen-bond donors (Lipinski definition) is 0. The number of carbonyl (C=O) groups excluding carboxylic acids is 1. The molecule has 1 amide bonds. The van der Waals surface area contributed by atoms with E-state index >= 15 is 0 Å². The summed E-state index contributed by atoms with van der Waals surface area (Å²) in [6, 6.07) is 14.1. The van der Waals surface area contributed by atoms with E-state index in [0.717, 1.165) is 39.8 Å². The molecule has 1 fully saturated rings. The first kappa shape index (κ1) is 20.9. The molecule has 160 valence electrons. The van der Waals surface area contributed by atoms with Crippen LogP contribution in [0.5, 0.6) is 0 Å². The molecule has 1 atom stereocenters. The Balaban J connectivity index is 1.60. The average Bonchev–Trinajstić information content (AvgIpc) is 3.50. The third-order valence-corrected chi connectivity index (χ3v) is 8.38. The van der Waals surface area contributed by atoms with E-state index in [1.165, 1.54) is 16.9 Å². The van der Waals surface area contributed by atoms with Crippen LogP contribution in [0.2, 0.25) is 5.02 Å². The van der Waals surface area contributed by atoms with Crippen molar-refractivity contribution >= 4 is 65.6 Å². The van der Waals surface area contributed by atoms with Crippen molar-refractivity contribution in [2.75, 3.05) is 18.1 Å². The van der Waals surface area contributed by atoms with E-state index in [2.05, 4.69) is 32.0 Å². The Labute approximate surface area is 194 Å². The number of nitrogens with zero attached hydrogens (tertiary/aromatic N) is 2. The third kappa shape index (κ3) is 3.87. The molecule has 0 aliphatic carbocycles. The number of thiophene rings is 1. The van der Waals surface area contributed by atoms with Crippen molar-refractivity contribution in [2.24, 2.45) is 0 Å². The Morgan fingerprint density at radius 3 is 2.74 bits per heavy atom. The Kier molecular flexibility index (Phi) is 5.73. The summed E-state index contributed by atoms with van der Waals surface area (Å²) in [5.74, 6) is 0.254. The van der Waals surface area contributed by atoms with E-state index in [1.54, 1.807) is 16.2 Å². The highest BCUT2D eigenvalue weighted by molar-refractivity contribution is 7.23. The van der Waals surface area contributed by atoms with Crippen molar-refractivity contribution in [3.8, 4) is 0 Å². The summed E-state index contributed by atoms with van der Waals surface area (Å²) >= 11 is 9.66. The molecule has 4 nitrogen and oxygen atoms in total. The fourth-order valence-electron chi connectivity index (χ4n) is 4.05. The minimum atomic E-state index is -0.105. The zero-order valence-corrected chi connectivity index (χ0v) is 19.8. The lowest BCUT2D eigenvalue weighted by atomic mass is 10.0. The Morgan fingerprint density at radius 2 is 2.00 bits per heavy atom. The first-order valence-electron chi connectivity index (χ1n) is 10.5. The number of ether oxygens (including phenoxy) is 1. The summed E-state index contributed by atoms with van der Waals surface area (Å²) in [5.41, 5.74) is 2.18. The molecular weight excluding hydrogens is 448 g/mol. The van der Waals surface area contributed by atoms with Crippen LogP contribution >= 0.6 is 34.3 Å². The van der Waals surface area contributed by atoms with Gasteiger partial charge in [-0.25, -0.2) is 4.98 Å². The standard InChI is InChI=1S/C24H23ClN2O2S2/c1-14(2)16-9-5-11-19-21(16)26-24(31-19)27(13-15-7-6-12-29-15)23(28)22-20(25)17-8-3-4-10-18(17)30-22/h3-5,8-11,14-15H,6-7,12-13H2,1-2H3. The van der Waals surface area contributed by atoms with Crippen LogP contribution in [0, 0.1) is 0 Å². The fourth-order valence-corrected chi connectivity index (χ4v) is 6.52. The van der Waals surface area contributed by atoms with Gasteiger partial charge in [-0.15, -0.1) is 11.3 Å². The van der Waals surface area contributed by atoms with Gasteiger partial charge in [0.1, 0.15) is 4.88 Å². The Morgan fingerprint density at radius 1 is 1.19 bits per heavy atom. The second-order valence-corrected chi connectivity index (χ2v) is 10.6. The number of para-hydroxylation sites is 1. The normalized spacial score (nSPS) is 16.6. The molecule has 0 bridgehead atoms. The molecule has 1 saturated heterocycles. The highest BCUT2D eigenvalue weighted by Crippen LogP contribution is 2.39. The van der Waals surface area contributed by atoms with Crippen molar-refractivity contribution in [2.45, 2.75) is 38.7 Å². The molecule has 7 heteroatoms. The number of rotatable bonds is 5. The Hall–Kier alpha value is -1.99. The van der Waals surface area contributed by atoms with Crippen molar-refractivity contribution < 1.29 is 9.53 Å². The van der Waals surface area contributed by atoms with Gasteiger partial charge in [-0.05, 0) is 36.5 Å². The molecule has 3 heterocycles. The fraction of sp³-hybridized carbons (Fsp3) is 0.333. The molecule has 0 saturated carbocycles. The van der Waals surface area contributed by atoms with E-state index in [9.17, 15) is 4.79 Å². The highest BCUT2D eigenvalue weighted by atomic mass is 35.5. The van der Waals surface area contributed by atoms with Gasteiger partial charge >= 0.3 is 0 Å². The van der Waals surface area contributed by atoms with Crippen molar-refractivity contribution in [1.29, 1.82) is 0 Å². The molecule has 2 aromatic heterocycles. The van der Waals surface area contributed by atoms with E-state index < -0.39 is 0 Å². The van der Waals surface area contributed by atoms with Crippen molar-refractivity contribution in [1.82, 2.24) is 4.98 Å². The van der Waals surface area contributed by atoms with Gasteiger partial charge in [-0.3, -0.25) is 9.69 Å². The molecule has 0 spiro atoms. The van der Waals surface area contributed by atoms with Crippen LogP contribution in [-0.2, 0) is 4.74 Å². The maximum atomic E-state index is 13.8. The number of hydrogen-bond acceptors (Lipinski definition) is 5. The molecule has 31 heavy (non-hydrogen) atoms. The van der Waals surface area contributed by atoms with Gasteiger partial charge < -0.3 is 4.74 Å². The second-order valence-electron chi connectivity index (χ2n) is 8.14. The summed E-state index contributed by atoms with van der Waals surface area (Å²) in [6.45, 7) is 5.56. The molecule has 1 aliphatic rings. The Bertz CT molecular complexity index is 1260. The molecule has 4 aromatic rings. The van der Waals surface area contributed by atoms with Crippen LogP contribution < -0.4 is 4.90 Å². The number of anilines is 1. The van der Waals surface area contributed by atoms with E-state index in [4.69, 9.17) is 21.3 Å². The van der Waals surface area contributed by atoms with Crippen molar-refractivity contribution in [3.63, 3.8) is 0 Å². The molecule has 5 rings (SSSR count). The molecular formula is C24H23ClN2O2S2. The van der Waals surface area contributed by atoms with Crippen LogP contribution in [0.4, 0.5) is 5.13 Å². The van der Waals surface area contributed by atoms with Gasteiger partial charge in [0.05, 0.1) is 27.9 Å². The van der Waals surface area contributed by atoms with E-state index in [0.29, 0.717) is 27.5 Å². The van der Waals surface area contributed by atoms with Crippen LogP contribution in [0.3, 0.4) is 0 Å². The minimum Gasteiger partial charge on any atom is -0.376 e. The van der Waals surface area contributed by atoms with Gasteiger partial charge in [0.25, 0.3) is 5.91 Å². The van der Waals surface area contributed by atoms with Gasteiger partial charge in [0.2, 0.25) is 0 Å². The molecule has 1 aliphatic heterocycles. The maximum Gasteiger partial charge on any atom is 0.271 e. The van der Waals surface area contributed by atoms with E-state index in [-0.39, 0.29) is 12.0 Å². The maximum absolute atomic E-state index is 13.8. The monoisotopic (exact) mass is 470 g/mol. The lowest BCUT2D eigenvalue weighted by Crippen LogP contribution is -2.37. The average molecular weight is 471 g/mol. The van der Waals surface area contributed by atoms with Gasteiger partial charge in [-0.2, -0.15) is 0 Å². The van der Waals surface area contributed by atoms with Gasteiger partial charge in [0.15, 0.2) is 5.13 Å². The number of thiazole rings is 1. The van der Waals surface area contributed by atoms with Gasteiger partial charge in [-0.1, -0.05) is 67.1 Å². The molecule has 1 unspecified atom stereocenters. The lowest BCUT2D eigenvalue weighted by Gasteiger charge is -2.22. The predicted molar refractivity (Wildman–Crippen MR) is 131 cm³/mol. The van der Waals surface area contributed by atoms with Crippen LogP contribution in [0.25, 0.3) is 20.3 Å². The third-order valence-electron chi connectivity index (χ3n) is 5.68. The quantitative estimate of drug-likeness (QED) is 0.312. The summed E-state index contributed by atoms with van der Waals surface area (Å²) in [4.78, 5) is 21.1. The summed E-state index contributed by atoms with van der Waals surface area (Å²) in [5, 5.41) is 2.14. The number of benzene rings is 2. The topological polar surface area (TPSA) is 42.4 Å². The molecule has 0 N–H and O–H groups in total. The number of aromatic nitrogens is 1. The van der Waals surface area contributed by atoms with Gasteiger partial charge in [0, 0.05) is 16.7 Å². The largest absolute Gasteiger partial charge is 0.376 e.